The molecule has 0 atom stereocenters. The molecule has 1 aliphatic rings. The Balaban J connectivity index is 1.92. The van der Waals surface area contributed by atoms with Crippen molar-refractivity contribution in [1.29, 1.82) is 0 Å². The standard InChI is InChI=1S/C13H16F3NO/c14-13(15,16)11-5-1-2-6-12(11)18-10-9-17-7-3-4-8-17/h1-2,5-6H,3-4,7-10H2. The molecule has 0 bridgehead atoms. The van der Waals surface area contributed by atoms with Crippen molar-refractivity contribution in [3.8, 4) is 5.75 Å². The van der Waals surface area contributed by atoms with Crippen LogP contribution in [0, 0.1) is 0 Å². The van der Waals surface area contributed by atoms with E-state index in [-0.39, 0.29) is 5.75 Å². The summed E-state index contributed by atoms with van der Waals surface area (Å²) in [7, 11) is 0. The van der Waals surface area contributed by atoms with Crippen molar-refractivity contribution in [2.45, 2.75) is 19.0 Å². The first kappa shape index (κ1) is 13.2. The molecule has 1 aliphatic heterocycles. The van der Waals surface area contributed by atoms with E-state index in [1.165, 1.54) is 25.0 Å². The second kappa shape index (κ2) is 5.61. The van der Waals surface area contributed by atoms with E-state index in [0.29, 0.717) is 13.2 Å². The number of benzene rings is 1. The Hall–Kier alpha value is -1.23. The normalized spacial score (nSPS) is 17.1. The highest BCUT2D eigenvalue weighted by Gasteiger charge is 2.33. The Bertz CT molecular complexity index is 386. The van der Waals surface area contributed by atoms with E-state index < -0.39 is 11.7 Å². The number of halogens is 3. The zero-order valence-electron chi connectivity index (χ0n) is 10.0. The number of alkyl halides is 3. The molecule has 2 nitrogen and oxygen atoms in total. The van der Waals surface area contributed by atoms with E-state index >= 15 is 0 Å². The molecule has 0 aliphatic carbocycles. The van der Waals surface area contributed by atoms with Gasteiger partial charge in [0.2, 0.25) is 0 Å². The average Bonchev–Trinajstić information content (AvgIpc) is 2.81. The number of rotatable bonds is 4. The number of para-hydroxylation sites is 1. The van der Waals surface area contributed by atoms with Gasteiger partial charge in [0.05, 0.1) is 5.56 Å². The maximum absolute atomic E-state index is 12.7. The third-order valence-corrected chi connectivity index (χ3v) is 3.06. The van der Waals surface area contributed by atoms with Crippen LogP contribution in [0.4, 0.5) is 13.2 Å². The molecule has 18 heavy (non-hydrogen) atoms. The summed E-state index contributed by atoms with van der Waals surface area (Å²) in [6.07, 6.45) is -2.03. The fourth-order valence-corrected chi connectivity index (χ4v) is 2.12. The van der Waals surface area contributed by atoms with Gasteiger partial charge < -0.3 is 4.74 Å². The summed E-state index contributed by atoms with van der Waals surface area (Å²) in [4.78, 5) is 2.20. The van der Waals surface area contributed by atoms with Crippen molar-refractivity contribution in [2.24, 2.45) is 0 Å². The first-order valence-corrected chi connectivity index (χ1v) is 6.09. The van der Waals surface area contributed by atoms with Crippen LogP contribution >= 0.6 is 0 Å². The van der Waals surface area contributed by atoms with Gasteiger partial charge in [-0.15, -0.1) is 0 Å². The van der Waals surface area contributed by atoms with Crippen LogP contribution in [0.3, 0.4) is 0 Å². The summed E-state index contributed by atoms with van der Waals surface area (Å²) in [6, 6.07) is 5.34. The molecule has 0 amide bonds. The van der Waals surface area contributed by atoms with Crippen LogP contribution in [0.2, 0.25) is 0 Å². The Morgan fingerprint density at radius 3 is 2.44 bits per heavy atom. The molecule has 0 saturated carbocycles. The lowest BCUT2D eigenvalue weighted by atomic mass is 10.2. The van der Waals surface area contributed by atoms with Gasteiger partial charge in [-0.25, -0.2) is 0 Å². The fraction of sp³-hybridized carbons (Fsp3) is 0.538. The summed E-state index contributed by atoms with van der Waals surface area (Å²) in [5.74, 6) is -0.0794. The second-order valence-corrected chi connectivity index (χ2v) is 4.39. The van der Waals surface area contributed by atoms with Crippen molar-refractivity contribution in [3.05, 3.63) is 29.8 Å². The first-order chi connectivity index (χ1) is 8.57. The molecule has 0 N–H and O–H groups in total. The van der Waals surface area contributed by atoms with Gasteiger partial charge in [-0.1, -0.05) is 12.1 Å². The van der Waals surface area contributed by atoms with Crippen molar-refractivity contribution in [1.82, 2.24) is 4.90 Å². The minimum Gasteiger partial charge on any atom is -0.492 e. The van der Waals surface area contributed by atoms with Crippen molar-refractivity contribution in [2.75, 3.05) is 26.2 Å². The summed E-state index contributed by atoms with van der Waals surface area (Å²) in [5.41, 5.74) is -0.702. The van der Waals surface area contributed by atoms with E-state index in [2.05, 4.69) is 4.90 Å². The smallest absolute Gasteiger partial charge is 0.419 e. The van der Waals surface area contributed by atoms with E-state index in [9.17, 15) is 13.2 Å². The van der Waals surface area contributed by atoms with Crippen LogP contribution in [0.25, 0.3) is 0 Å². The Morgan fingerprint density at radius 1 is 1.11 bits per heavy atom. The molecule has 1 heterocycles. The zero-order valence-corrected chi connectivity index (χ0v) is 10.0. The highest BCUT2D eigenvalue weighted by Crippen LogP contribution is 2.35. The van der Waals surface area contributed by atoms with Crippen molar-refractivity contribution >= 4 is 0 Å². The molecule has 5 heteroatoms. The Morgan fingerprint density at radius 2 is 1.78 bits per heavy atom. The van der Waals surface area contributed by atoms with Crippen LogP contribution in [0.15, 0.2) is 24.3 Å². The van der Waals surface area contributed by atoms with Crippen molar-refractivity contribution in [3.63, 3.8) is 0 Å². The lowest BCUT2D eigenvalue weighted by molar-refractivity contribution is -0.139. The SMILES string of the molecule is FC(F)(F)c1ccccc1OCCN1CCCC1. The molecule has 1 fully saturated rings. The second-order valence-electron chi connectivity index (χ2n) is 4.39. The van der Waals surface area contributed by atoms with E-state index in [1.54, 1.807) is 6.07 Å². The largest absolute Gasteiger partial charge is 0.492 e. The third-order valence-electron chi connectivity index (χ3n) is 3.06. The summed E-state index contributed by atoms with van der Waals surface area (Å²) in [6.45, 7) is 3.02. The van der Waals surface area contributed by atoms with Gasteiger partial charge in [-0.2, -0.15) is 13.2 Å². The summed E-state index contributed by atoms with van der Waals surface area (Å²) >= 11 is 0. The van der Waals surface area contributed by atoms with Crippen molar-refractivity contribution < 1.29 is 17.9 Å². The molecule has 0 radical (unpaired) electrons. The van der Waals surface area contributed by atoms with Crippen LogP contribution in [-0.2, 0) is 6.18 Å². The number of nitrogens with zero attached hydrogens (tertiary/aromatic N) is 1. The molecule has 0 aromatic heterocycles. The molecule has 0 unspecified atom stereocenters. The maximum Gasteiger partial charge on any atom is 0.419 e. The number of hydrogen-bond acceptors (Lipinski definition) is 2. The monoisotopic (exact) mass is 259 g/mol. The maximum atomic E-state index is 12.7. The minimum atomic E-state index is -4.36. The lowest BCUT2D eigenvalue weighted by Crippen LogP contribution is -2.25. The van der Waals surface area contributed by atoms with Gasteiger partial charge in [-0.05, 0) is 38.1 Å². The van der Waals surface area contributed by atoms with Gasteiger partial charge in [0.15, 0.2) is 0 Å². The Labute approximate surface area is 104 Å². The fourth-order valence-electron chi connectivity index (χ4n) is 2.12. The van der Waals surface area contributed by atoms with Crippen LogP contribution in [-0.4, -0.2) is 31.1 Å². The van der Waals surface area contributed by atoms with Gasteiger partial charge in [0.25, 0.3) is 0 Å². The number of likely N-dealkylation sites (tertiary alicyclic amines) is 1. The van der Waals surface area contributed by atoms with Crippen LogP contribution in [0.1, 0.15) is 18.4 Å². The highest BCUT2D eigenvalue weighted by molar-refractivity contribution is 5.35. The lowest BCUT2D eigenvalue weighted by Gasteiger charge is -2.17. The quantitative estimate of drug-likeness (QED) is 0.823. The molecule has 2 rings (SSSR count). The van der Waals surface area contributed by atoms with E-state index in [0.717, 1.165) is 19.2 Å². The highest BCUT2D eigenvalue weighted by atomic mass is 19.4. The molecular formula is C13H16F3NO. The zero-order chi connectivity index (χ0) is 13.0. The average molecular weight is 259 g/mol. The first-order valence-electron chi connectivity index (χ1n) is 6.09. The molecule has 1 aromatic carbocycles. The Kier molecular flexibility index (Phi) is 4.11. The molecular weight excluding hydrogens is 243 g/mol. The van der Waals surface area contributed by atoms with Gasteiger partial charge in [0.1, 0.15) is 12.4 Å². The van der Waals surface area contributed by atoms with Gasteiger partial charge in [-0.3, -0.25) is 4.90 Å². The van der Waals surface area contributed by atoms with E-state index in [4.69, 9.17) is 4.74 Å². The third kappa shape index (κ3) is 3.38. The van der Waals surface area contributed by atoms with Gasteiger partial charge >= 0.3 is 6.18 Å². The van der Waals surface area contributed by atoms with Gasteiger partial charge in [0, 0.05) is 6.54 Å². The topological polar surface area (TPSA) is 12.5 Å². The summed E-state index contributed by atoms with van der Waals surface area (Å²) < 4.78 is 43.3. The molecule has 1 aromatic rings. The predicted octanol–water partition coefficient (Wildman–Crippen LogP) is 3.18. The minimum absolute atomic E-state index is 0.0794. The van der Waals surface area contributed by atoms with Crippen LogP contribution < -0.4 is 4.74 Å². The molecule has 100 valence electrons. The summed E-state index contributed by atoms with van der Waals surface area (Å²) in [5, 5.41) is 0. The number of hydrogen-bond donors (Lipinski definition) is 0. The van der Waals surface area contributed by atoms with E-state index in [1.807, 2.05) is 0 Å². The predicted molar refractivity (Wildman–Crippen MR) is 62.6 cm³/mol. The molecule has 1 saturated heterocycles. The van der Waals surface area contributed by atoms with Crippen LogP contribution in [0.5, 0.6) is 5.75 Å². The molecule has 0 spiro atoms. The number of ether oxygens (including phenoxy) is 1.